The van der Waals surface area contributed by atoms with Crippen molar-refractivity contribution in [1.29, 1.82) is 0 Å². The number of amides is 1. The van der Waals surface area contributed by atoms with E-state index in [1.807, 2.05) is 6.92 Å². The van der Waals surface area contributed by atoms with Crippen LogP contribution in [-0.4, -0.2) is 10.5 Å². The molecule has 0 unspecified atom stereocenters. The molecule has 4 heteroatoms. The average molecular weight is 344 g/mol. The zero-order valence-corrected chi connectivity index (χ0v) is 15.6. The molecule has 0 fully saturated rings. The van der Waals surface area contributed by atoms with Crippen molar-refractivity contribution < 1.29 is 9.18 Å². The van der Waals surface area contributed by atoms with Gasteiger partial charge in [-0.2, -0.15) is 0 Å². The number of carbonyl (C=O) groups is 1. The fraction of sp³-hybridized carbons (Fsp3) is 0.476. The molecule has 2 rings (SSSR count). The maximum Gasteiger partial charge on any atom is 0.251 e. The van der Waals surface area contributed by atoms with E-state index in [0.29, 0.717) is 5.56 Å². The number of hydrogen-bond donors (Lipinski definition) is 1. The Bertz CT molecular complexity index is 716. The Labute approximate surface area is 150 Å². The van der Waals surface area contributed by atoms with Gasteiger partial charge in [0.05, 0.1) is 5.56 Å². The highest BCUT2D eigenvalue weighted by atomic mass is 19.1. The molecule has 0 spiro atoms. The SMILES string of the molecule is CCCCCc1c(-c2ccc(F)cc2)c(C(N)=O)c(C)n1CCCC. The summed E-state index contributed by atoms with van der Waals surface area (Å²) in [4.78, 5) is 12.2. The monoisotopic (exact) mass is 344 g/mol. The highest BCUT2D eigenvalue weighted by Crippen LogP contribution is 2.34. The minimum atomic E-state index is -0.413. The zero-order valence-electron chi connectivity index (χ0n) is 15.6. The van der Waals surface area contributed by atoms with Gasteiger partial charge in [-0.25, -0.2) is 4.39 Å². The van der Waals surface area contributed by atoms with Gasteiger partial charge in [0.15, 0.2) is 0 Å². The van der Waals surface area contributed by atoms with Gasteiger partial charge < -0.3 is 10.3 Å². The molecule has 0 aliphatic rings. The first-order chi connectivity index (χ1) is 12.0. The number of benzene rings is 1. The minimum Gasteiger partial charge on any atom is -0.366 e. The Morgan fingerprint density at radius 3 is 2.28 bits per heavy atom. The number of nitrogens with two attached hydrogens (primary N) is 1. The molecule has 0 aliphatic heterocycles. The molecule has 0 saturated carbocycles. The van der Waals surface area contributed by atoms with Crippen LogP contribution in [0.3, 0.4) is 0 Å². The maximum absolute atomic E-state index is 13.4. The molecule has 3 nitrogen and oxygen atoms in total. The van der Waals surface area contributed by atoms with E-state index in [0.717, 1.165) is 67.6 Å². The third-order valence-corrected chi connectivity index (χ3v) is 4.76. The summed E-state index contributed by atoms with van der Waals surface area (Å²) in [5.74, 6) is -0.692. The second kappa shape index (κ2) is 8.84. The molecule has 0 aliphatic carbocycles. The van der Waals surface area contributed by atoms with Crippen LogP contribution in [-0.2, 0) is 13.0 Å². The van der Waals surface area contributed by atoms with Crippen LogP contribution in [0.5, 0.6) is 0 Å². The number of aromatic nitrogens is 1. The summed E-state index contributed by atoms with van der Waals surface area (Å²) in [5, 5.41) is 0. The minimum absolute atomic E-state index is 0.279. The van der Waals surface area contributed by atoms with Gasteiger partial charge >= 0.3 is 0 Å². The number of unbranched alkanes of at least 4 members (excludes halogenated alkanes) is 3. The number of rotatable bonds is 9. The van der Waals surface area contributed by atoms with E-state index >= 15 is 0 Å². The lowest BCUT2D eigenvalue weighted by Crippen LogP contribution is -2.13. The van der Waals surface area contributed by atoms with Gasteiger partial charge in [-0.1, -0.05) is 45.2 Å². The van der Waals surface area contributed by atoms with E-state index in [4.69, 9.17) is 5.73 Å². The molecule has 25 heavy (non-hydrogen) atoms. The summed E-state index contributed by atoms with van der Waals surface area (Å²) in [6.07, 6.45) is 6.40. The molecule has 2 N–H and O–H groups in total. The van der Waals surface area contributed by atoms with E-state index in [-0.39, 0.29) is 5.82 Å². The number of nitrogens with zero attached hydrogens (tertiary/aromatic N) is 1. The summed E-state index contributed by atoms with van der Waals surface area (Å²) < 4.78 is 15.6. The van der Waals surface area contributed by atoms with Crippen molar-refractivity contribution in [3.63, 3.8) is 0 Å². The highest BCUT2D eigenvalue weighted by molar-refractivity contribution is 6.02. The highest BCUT2D eigenvalue weighted by Gasteiger charge is 2.24. The van der Waals surface area contributed by atoms with Crippen molar-refractivity contribution in [1.82, 2.24) is 4.57 Å². The van der Waals surface area contributed by atoms with Crippen molar-refractivity contribution in [2.24, 2.45) is 5.73 Å². The molecule has 1 amide bonds. The van der Waals surface area contributed by atoms with E-state index < -0.39 is 5.91 Å². The second-order valence-corrected chi connectivity index (χ2v) is 6.62. The fourth-order valence-electron chi connectivity index (χ4n) is 3.45. The zero-order chi connectivity index (χ0) is 18.4. The third-order valence-electron chi connectivity index (χ3n) is 4.76. The Kier molecular flexibility index (Phi) is 6.80. The van der Waals surface area contributed by atoms with Crippen molar-refractivity contribution in [2.45, 2.75) is 65.8 Å². The predicted octanol–water partition coefficient (Wildman–Crippen LogP) is 5.23. The van der Waals surface area contributed by atoms with E-state index in [9.17, 15) is 9.18 Å². The van der Waals surface area contributed by atoms with Crippen LogP contribution in [0, 0.1) is 12.7 Å². The molecule has 0 saturated heterocycles. The van der Waals surface area contributed by atoms with E-state index in [2.05, 4.69) is 18.4 Å². The standard InChI is InChI=1S/C21H29FN2O/c1-4-6-8-9-18-20(16-10-12-17(22)13-11-16)19(21(23)25)15(3)24(18)14-7-5-2/h10-13H,4-9,14H2,1-3H3,(H2,23,25). The van der Waals surface area contributed by atoms with E-state index in [1.165, 1.54) is 12.1 Å². The van der Waals surface area contributed by atoms with Gasteiger partial charge in [0.2, 0.25) is 0 Å². The van der Waals surface area contributed by atoms with E-state index in [1.54, 1.807) is 12.1 Å². The van der Waals surface area contributed by atoms with Crippen LogP contribution in [0.4, 0.5) is 4.39 Å². The largest absolute Gasteiger partial charge is 0.366 e. The molecule has 1 aromatic carbocycles. The van der Waals surface area contributed by atoms with Gasteiger partial charge in [-0.3, -0.25) is 4.79 Å². The smallest absolute Gasteiger partial charge is 0.251 e. The molecule has 136 valence electrons. The lowest BCUT2D eigenvalue weighted by atomic mass is 9.97. The summed E-state index contributed by atoms with van der Waals surface area (Å²) in [5.41, 5.74) is 10.1. The Morgan fingerprint density at radius 2 is 1.72 bits per heavy atom. The predicted molar refractivity (Wildman–Crippen MR) is 101 cm³/mol. The number of primary amides is 1. The van der Waals surface area contributed by atoms with Gasteiger partial charge in [0.1, 0.15) is 5.82 Å². The quantitative estimate of drug-likeness (QED) is 0.622. The second-order valence-electron chi connectivity index (χ2n) is 6.62. The summed E-state index contributed by atoms with van der Waals surface area (Å²) >= 11 is 0. The molecular formula is C21H29FN2O. The van der Waals surface area contributed by atoms with Gasteiger partial charge in [-0.05, 0) is 43.9 Å². The topological polar surface area (TPSA) is 48.0 Å². The first-order valence-corrected chi connectivity index (χ1v) is 9.28. The van der Waals surface area contributed by atoms with Gasteiger partial charge in [0.25, 0.3) is 5.91 Å². The van der Waals surface area contributed by atoms with Gasteiger partial charge in [-0.15, -0.1) is 0 Å². The fourth-order valence-corrected chi connectivity index (χ4v) is 3.45. The summed E-state index contributed by atoms with van der Waals surface area (Å²) in [6.45, 7) is 7.18. The normalized spacial score (nSPS) is 11.0. The number of carbonyl (C=O) groups excluding carboxylic acids is 1. The summed E-state index contributed by atoms with van der Waals surface area (Å²) in [6, 6.07) is 6.36. The van der Waals surface area contributed by atoms with Crippen LogP contribution in [0.1, 0.15) is 67.7 Å². The lowest BCUT2D eigenvalue weighted by Gasteiger charge is -2.13. The van der Waals surface area contributed by atoms with Crippen LogP contribution < -0.4 is 5.73 Å². The first kappa shape index (κ1) is 19.2. The molecule has 2 aromatic rings. The Hall–Kier alpha value is -2.10. The van der Waals surface area contributed by atoms with Gasteiger partial charge in [0, 0.05) is 23.5 Å². The average Bonchev–Trinajstić information content (AvgIpc) is 2.86. The molecule has 0 radical (unpaired) electrons. The van der Waals surface area contributed by atoms with Crippen LogP contribution in [0.15, 0.2) is 24.3 Å². The van der Waals surface area contributed by atoms with Crippen molar-refractivity contribution in [2.75, 3.05) is 0 Å². The number of halogens is 1. The summed E-state index contributed by atoms with van der Waals surface area (Å²) in [7, 11) is 0. The third kappa shape index (κ3) is 4.30. The first-order valence-electron chi connectivity index (χ1n) is 9.28. The van der Waals surface area contributed by atoms with Crippen LogP contribution in [0.2, 0.25) is 0 Å². The Balaban J connectivity index is 2.62. The van der Waals surface area contributed by atoms with Crippen LogP contribution in [0.25, 0.3) is 11.1 Å². The van der Waals surface area contributed by atoms with Crippen molar-refractivity contribution in [3.8, 4) is 11.1 Å². The molecule has 1 aromatic heterocycles. The molecule has 1 heterocycles. The number of hydrogen-bond acceptors (Lipinski definition) is 1. The molecular weight excluding hydrogens is 315 g/mol. The molecule has 0 atom stereocenters. The lowest BCUT2D eigenvalue weighted by molar-refractivity contribution is 0.1000. The van der Waals surface area contributed by atoms with Crippen molar-refractivity contribution in [3.05, 3.63) is 47.0 Å². The van der Waals surface area contributed by atoms with Crippen LogP contribution >= 0.6 is 0 Å². The maximum atomic E-state index is 13.4. The van der Waals surface area contributed by atoms with Crippen molar-refractivity contribution >= 4 is 5.91 Å². The molecule has 0 bridgehead atoms. The Morgan fingerprint density at radius 1 is 1.08 bits per heavy atom.